The average molecular weight is 1440 g/mol. The molecule has 0 saturated carbocycles. The van der Waals surface area contributed by atoms with Crippen molar-refractivity contribution in [2.45, 2.75) is 131 Å². The maximum absolute atomic E-state index is 12.2. The molecule has 6 heterocycles. The van der Waals surface area contributed by atoms with Crippen molar-refractivity contribution in [1.82, 2.24) is 49.0 Å². The van der Waals surface area contributed by atoms with E-state index in [4.69, 9.17) is 57.3 Å². The molecule has 6 aromatic rings. The highest BCUT2D eigenvalue weighted by Gasteiger charge is 2.16. The van der Waals surface area contributed by atoms with Gasteiger partial charge in [0.05, 0.1) is 66.9 Å². The van der Waals surface area contributed by atoms with Crippen LogP contribution in [0.25, 0.3) is 0 Å². The molecule has 0 bridgehead atoms. The summed E-state index contributed by atoms with van der Waals surface area (Å²) in [5, 5.41) is 0. The van der Waals surface area contributed by atoms with E-state index in [1.54, 1.807) is 24.8 Å². The second-order valence-electron chi connectivity index (χ2n) is 17.5. The van der Waals surface area contributed by atoms with E-state index in [1.807, 2.05) is 35.4 Å². The molecule has 0 radical (unpaired) electrons. The molecule has 24 N–H and O–H groups in total. The molecule has 0 fully saturated rings. The molecule has 0 aromatic carbocycles. The number of Topliss-reactive ketones (excluding diaryl/α,β-unsaturated/α-hetero) is 4. The van der Waals surface area contributed by atoms with Crippen molar-refractivity contribution in [2.24, 2.45) is 48.5 Å². The Morgan fingerprint density at radius 3 is 1.16 bits per heavy atom. The van der Waals surface area contributed by atoms with Gasteiger partial charge in [-0.1, -0.05) is 27.7 Å². The average Bonchev–Trinajstić information content (AvgIpc) is 4.28. The van der Waals surface area contributed by atoms with Crippen molar-refractivity contribution in [2.75, 3.05) is 55.7 Å². The number of halogens is 6. The van der Waals surface area contributed by atoms with Gasteiger partial charge in [0.25, 0.3) is 0 Å². The number of carbonyl (C=O) groups excluding carboxylic acids is 4. The number of nitrogens with zero attached hydrogens (tertiary/aromatic N) is 6. The summed E-state index contributed by atoms with van der Waals surface area (Å²) in [6.45, 7) is 4.12. The van der Waals surface area contributed by atoms with Gasteiger partial charge in [0, 0.05) is 62.6 Å². The summed E-state index contributed by atoms with van der Waals surface area (Å²) < 4.78 is 7.25. The van der Waals surface area contributed by atoms with Gasteiger partial charge in [0.1, 0.15) is 11.6 Å². The summed E-state index contributed by atoms with van der Waals surface area (Å²) in [5.74, 6) is 2.22. The minimum absolute atomic E-state index is 0. The summed E-state index contributed by atoms with van der Waals surface area (Å²) >= 11 is 13.7. The fraction of sp³-hybridized carbons (Fsp3) is 0.529. The highest BCUT2D eigenvalue weighted by atomic mass is 79.9. The third-order valence-corrected chi connectivity index (χ3v) is 15.2. The second-order valence-corrected chi connectivity index (χ2v) is 20.7. The second kappa shape index (κ2) is 48.0. The molecule has 0 spiro atoms. The standard InChI is InChI=1S/C14H18Br2N4O.C12H14Br2N4O.C7H14N4.C7H16N2O.C5H10N4.C4H10N2O.2CH4.2ClH/c1-20-11(7-10(15)13(20)16)12(21)6-4-2-3-5-9-8-18-14(17)19-9;1-18-9(5-8(13)11(18)14)10(19)4-2-3-7-6-16-12(15)17-7;8-4-2-1-3-6-5-10-7(9)11-6;1-6(10)7(9)4-2-3-5-8;6-2-1-4-3-8-5(7)9-4;5-2-1-4(7)3-6;;;;/h7-8H,2-6H2,1H3,(H3,17,18,19);5-6H,2-4H2,1H3,(H3,15,16,17);5H,1-4,8H2,(H3,9,10,11);7H,2-5,8-9H2,1H3;3H,1-2,6H2,(H3,7,8,9);1-3,5-6H2;2*1H4;2*1H. The topological polar surface area (TPSA) is 453 Å². The number of H-pyrrole nitrogens is 4. The van der Waals surface area contributed by atoms with Crippen LogP contribution >= 0.6 is 88.5 Å². The number of nitrogens with one attached hydrogen (secondary N) is 4. The lowest BCUT2D eigenvalue weighted by atomic mass is 10.1. The van der Waals surface area contributed by atoms with Gasteiger partial charge >= 0.3 is 0 Å². The summed E-state index contributed by atoms with van der Waals surface area (Å²) in [6, 6.07) is 3.42. The SMILES string of the molecule is C.C.CC(=O)C(N)CCCCN.Cl.Cl.Cn1c(C(=O)CCCCCc2cnc(N)[nH]2)cc(Br)c1Br.Cn1c(C(=O)CCCc2cnc(N)[nH]2)cc(Br)c1Br.NCCC(=O)CN.NCCCCc1cnc(N)[nH]1.NCCc1cnc(N)[nH]1. The van der Waals surface area contributed by atoms with Crippen LogP contribution in [0.5, 0.6) is 0 Å². The van der Waals surface area contributed by atoms with Gasteiger partial charge in [-0.25, -0.2) is 19.9 Å². The van der Waals surface area contributed by atoms with Crippen LogP contribution in [0, 0.1) is 0 Å². The molecule has 81 heavy (non-hydrogen) atoms. The van der Waals surface area contributed by atoms with Gasteiger partial charge in [-0.15, -0.1) is 24.8 Å². The van der Waals surface area contributed by atoms with Crippen LogP contribution in [0.3, 0.4) is 0 Å². The Morgan fingerprint density at radius 1 is 0.506 bits per heavy atom. The van der Waals surface area contributed by atoms with Crippen molar-refractivity contribution in [3.05, 3.63) is 89.2 Å². The summed E-state index contributed by atoms with van der Waals surface area (Å²) in [4.78, 5) is 72.4. The van der Waals surface area contributed by atoms with Gasteiger partial charge < -0.3 is 86.4 Å². The molecule has 6 aromatic heterocycles. The monoisotopic (exact) mass is 1430 g/mol. The van der Waals surface area contributed by atoms with Crippen LogP contribution in [0.15, 0.2) is 55.1 Å². The highest BCUT2D eigenvalue weighted by Crippen LogP contribution is 2.28. The first kappa shape index (κ1) is 83.0. The predicted octanol–water partition coefficient (Wildman–Crippen LogP) is 7.68. The van der Waals surface area contributed by atoms with E-state index in [0.29, 0.717) is 68.4 Å². The van der Waals surface area contributed by atoms with Crippen molar-refractivity contribution < 1.29 is 19.2 Å². The Balaban J connectivity index is -0.000000454. The number of rotatable bonds is 26. The van der Waals surface area contributed by atoms with Gasteiger partial charge in [0.15, 0.2) is 35.4 Å². The minimum Gasteiger partial charge on any atom is -0.369 e. The van der Waals surface area contributed by atoms with Crippen LogP contribution in [0.1, 0.15) is 143 Å². The van der Waals surface area contributed by atoms with Crippen LogP contribution in [0.2, 0.25) is 0 Å². The number of aryl methyl sites for hydroxylation is 3. The van der Waals surface area contributed by atoms with Crippen LogP contribution in [-0.2, 0) is 49.4 Å². The zero-order valence-corrected chi connectivity index (χ0v) is 53.3. The van der Waals surface area contributed by atoms with Crippen LogP contribution < -0.4 is 57.3 Å². The Labute approximate surface area is 523 Å². The molecule has 0 aliphatic heterocycles. The first-order valence-electron chi connectivity index (χ1n) is 25.2. The molecule has 0 saturated heterocycles. The number of hydrogen-bond acceptors (Lipinski definition) is 18. The zero-order valence-electron chi connectivity index (χ0n) is 45.3. The molecule has 6 rings (SSSR count). The lowest BCUT2D eigenvalue weighted by Crippen LogP contribution is -2.28. The van der Waals surface area contributed by atoms with Gasteiger partial charge in [-0.2, -0.15) is 0 Å². The molecule has 24 nitrogen and oxygen atoms in total. The molecular formula is C51H92Br4Cl2N20O4. The third kappa shape index (κ3) is 35.3. The fourth-order valence-corrected chi connectivity index (χ4v) is 8.27. The Kier molecular flexibility index (Phi) is 49.2. The number of aromatic amines is 4. The molecule has 1 unspecified atom stereocenters. The number of nitrogen functional groups attached to an aromatic ring is 4. The first-order valence-corrected chi connectivity index (χ1v) is 28.3. The lowest BCUT2D eigenvalue weighted by molar-refractivity contribution is -0.118. The number of hydrogen-bond donors (Lipinski definition) is 14. The number of nitrogens with two attached hydrogens (primary N) is 10. The van der Waals surface area contributed by atoms with Crippen LogP contribution in [-0.4, -0.2) is 111 Å². The minimum atomic E-state index is -0.272. The van der Waals surface area contributed by atoms with Crippen molar-refractivity contribution in [3.8, 4) is 0 Å². The van der Waals surface area contributed by atoms with Crippen LogP contribution in [0.4, 0.5) is 23.8 Å². The lowest BCUT2D eigenvalue weighted by Gasteiger charge is -2.05. The van der Waals surface area contributed by atoms with Gasteiger partial charge in [0.2, 0.25) is 0 Å². The maximum Gasteiger partial charge on any atom is 0.197 e. The van der Waals surface area contributed by atoms with Crippen molar-refractivity contribution >= 4 is 135 Å². The molecule has 30 heteroatoms. The molecule has 0 aliphatic carbocycles. The Bertz CT molecular complexity index is 2620. The molecule has 462 valence electrons. The number of carbonyl (C=O) groups is 4. The fourth-order valence-electron chi connectivity index (χ4n) is 6.70. The van der Waals surface area contributed by atoms with E-state index in [9.17, 15) is 19.2 Å². The summed E-state index contributed by atoms with van der Waals surface area (Å²) in [6.07, 6.45) is 20.4. The van der Waals surface area contributed by atoms with E-state index in [1.165, 1.54) is 6.92 Å². The summed E-state index contributed by atoms with van der Waals surface area (Å²) in [5.41, 5.74) is 58.6. The van der Waals surface area contributed by atoms with Crippen molar-refractivity contribution in [1.29, 1.82) is 0 Å². The predicted molar refractivity (Wildman–Crippen MR) is 349 cm³/mol. The molecule has 0 amide bonds. The largest absolute Gasteiger partial charge is 0.369 e. The quantitative estimate of drug-likeness (QED) is 0.0183. The van der Waals surface area contributed by atoms with Gasteiger partial charge in [-0.05, 0) is 173 Å². The first-order chi connectivity index (χ1) is 36.6. The smallest absolute Gasteiger partial charge is 0.197 e. The van der Waals surface area contributed by atoms with E-state index in [0.717, 1.165) is 137 Å². The Hall–Kier alpha value is -4.46. The normalized spacial score (nSPS) is 10.3. The van der Waals surface area contributed by atoms with Gasteiger partial charge in [-0.3, -0.25) is 19.2 Å². The number of anilines is 4. The molecular weight excluding hydrogens is 1350 g/mol. The van der Waals surface area contributed by atoms with Crippen molar-refractivity contribution in [3.63, 3.8) is 0 Å². The van der Waals surface area contributed by atoms with E-state index in [2.05, 4.69) is 104 Å². The number of imidazole rings is 4. The van der Waals surface area contributed by atoms with E-state index >= 15 is 0 Å². The number of unbranched alkanes of at least 4 members (excludes halogenated alkanes) is 4. The number of aromatic nitrogens is 10. The zero-order chi connectivity index (χ0) is 57.9. The summed E-state index contributed by atoms with van der Waals surface area (Å²) in [7, 11) is 3.74. The molecule has 0 aliphatic rings. The maximum atomic E-state index is 12.2. The highest BCUT2D eigenvalue weighted by molar-refractivity contribution is 9.13. The Morgan fingerprint density at radius 2 is 0.864 bits per heavy atom. The molecule has 1 atom stereocenters. The third-order valence-electron chi connectivity index (χ3n) is 11.1. The van der Waals surface area contributed by atoms with E-state index < -0.39 is 0 Å². The van der Waals surface area contributed by atoms with E-state index in [-0.39, 0.29) is 75.4 Å². The number of ketones is 4.